The lowest BCUT2D eigenvalue weighted by atomic mass is 10.0. The van der Waals surface area contributed by atoms with Crippen LogP contribution in [0.2, 0.25) is 10.0 Å². The largest absolute Gasteiger partial charge is 0.489 e. The van der Waals surface area contributed by atoms with Gasteiger partial charge in [-0.2, -0.15) is 0 Å². The Morgan fingerprint density at radius 2 is 1.83 bits per heavy atom. The average Bonchev–Trinajstić information content (AvgIpc) is 2.49. The van der Waals surface area contributed by atoms with Gasteiger partial charge in [-0.1, -0.05) is 23.2 Å². The quantitative estimate of drug-likeness (QED) is 0.796. The maximum absolute atomic E-state index is 12.9. The van der Waals surface area contributed by atoms with E-state index in [0.29, 0.717) is 22.2 Å². The lowest BCUT2D eigenvalue weighted by Crippen LogP contribution is -2.27. The molecule has 2 aromatic carbocycles. The van der Waals surface area contributed by atoms with Crippen LogP contribution in [0.25, 0.3) is 0 Å². The molecule has 3 N–H and O–H groups in total. The number of hydrogen-bond donors (Lipinski definition) is 2. The first-order chi connectivity index (χ1) is 10.5. The molecule has 3 nitrogen and oxygen atoms in total. The molecular formula is C16H17Cl3FNO2. The van der Waals surface area contributed by atoms with Crippen LogP contribution in [0.5, 0.6) is 5.75 Å². The lowest BCUT2D eigenvalue weighted by Gasteiger charge is -2.16. The fourth-order valence-corrected chi connectivity index (χ4v) is 2.65. The second-order valence-corrected chi connectivity index (χ2v) is 5.76. The van der Waals surface area contributed by atoms with Crippen LogP contribution < -0.4 is 10.5 Å². The first-order valence-corrected chi connectivity index (χ1v) is 7.46. The van der Waals surface area contributed by atoms with Gasteiger partial charge < -0.3 is 15.6 Å². The summed E-state index contributed by atoms with van der Waals surface area (Å²) < 4.78 is 18.5. The molecule has 0 aliphatic rings. The first kappa shape index (κ1) is 20.0. The Morgan fingerprint density at radius 1 is 1.17 bits per heavy atom. The van der Waals surface area contributed by atoms with E-state index in [4.69, 9.17) is 38.8 Å². The van der Waals surface area contributed by atoms with Crippen molar-refractivity contribution < 1.29 is 14.2 Å². The van der Waals surface area contributed by atoms with Crippen molar-refractivity contribution in [1.29, 1.82) is 0 Å². The fourth-order valence-electron chi connectivity index (χ4n) is 2.03. The smallest absolute Gasteiger partial charge is 0.123 e. The maximum Gasteiger partial charge on any atom is 0.123 e. The van der Waals surface area contributed by atoms with Gasteiger partial charge in [-0.25, -0.2) is 4.39 Å². The van der Waals surface area contributed by atoms with E-state index in [2.05, 4.69) is 0 Å². The second kappa shape index (κ2) is 9.30. The monoisotopic (exact) mass is 379 g/mol. The highest BCUT2D eigenvalue weighted by atomic mass is 35.5. The predicted octanol–water partition coefficient (Wildman–Crippen LogP) is 4.00. The Morgan fingerprint density at radius 3 is 2.43 bits per heavy atom. The number of nitrogens with two attached hydrogens (primary N) is 1. The molecule has 126 valence electrons. The van der Waals surface area contributed by atoms with Crippen molar-refractivity contribution >= 4 is 35.6 Å². The summed E-state index contributed by atoms with van der Waals surface area (Å²) in [7, 11) is 0. The Labute approximate surface area is 150 Å². The summed E-state index contributed by atoms with van der Waals surface area (Å²) >= 11 is 12.2. The van der Waals surface area contributed by atoms with Gasteiger partial charge in [0, 0.05) is 16.1 Å². The third kappa shape index (κ3) is 5.83. The molecule has 1 unspecified atom stereocenters. The normalized spacial score (nSPS) is 11.7. The van der Waals surface area contributed by atoms with Crippen molar-refractivity contribution in [3.05, 3.63) is 63.4 Å². The van der Waals surface area contributed by atoms with Crippen LogP contribution in [-0.4, -0.2) is 17.8 Å². The summed E-state index contributed by atoms with van der Waals surface area (Å²) in [5.41, 5.74) is 7.35. The van der Waals surface area contributed by atoms with Crippen LogP contribution in [-0.2, 0) is 13.0 Å². The second-order valence-electron chi connectivity index (χ2n) is 4.91. The third-order valence-electron chi connectivity index (χ3n) is 3.16. The summed E-state index contributed by atoms with van der Waals surface area (Å²) in [6.45, 7) is 0.0800. The van der Waals surface area contributed by atoms with Gasteiger partial charge in [0.25, 0.3) is 0 Å². The highest BCUT2D eigenvalue weighted by Crippen LogP contribution is 2.27. The standard InChI is InChI=1S/C16H16Cl2FNO2.ClH/c17-11-5-10(9-22-14-3-1-12(19)2-4-14)15(16(18)6-11)7-13(20)8-21;/h1-6,13,21H,7-9,20H2;1H. The van der Waals surface area contributed by atoms with Gasteiger partial charge >= 0.3 is 0 Å². The van der Waals surface area contributed by atoms with Crippen molar-refractivity contribution in [2.75, 3.05) is 6.61 Å². The molecule has 0 aromatic heterocycles. The third-order valence-corrected chi connectivity index (χ3v) is 3.72. The molecule has 0 amide bonds. The molecule has 0 aliphatic carbocycles. The Balaban J connectivity index is 0.00000264. The van der Waals surface area contributed by atoms with E-state index in [1.54, 1.807) is 24.3 Å². The molecule has 2 rings (SSSR count). The Hall–Kier alpha value is -1.04. The van der Waals surface area contributed by atoms with Crippen LogP contribution >= 0.6 is 35.6 Å². The zero-order valence-corrected chi connectivity index (χ0v) is 14.5. The van der Waals surface area contributed by atoms with E-state index in [0.717, 1.165) is 11.1 Å². The van der Waals surface area contributed by atoms with Crippen LogP contribution in [0.1, 0.15) is 11.1 Å². The molecule has 23 heavy (non-hydrogen) atoms. The minimum Gasteiger partial charge on any atom is -0.489 e. The van der Waals surface area contributed by atoms with Crippen molar-refractivity contribution in [2.24, 2.45) is 5.73 Å². The van der Waals surface area contributed by atoms with E-state index >= 15 is 0 Å². The number of hydrogen-bond acceptors (Lipinski definition) is 3. The maximum atomic E-state index is 12.9. The van der Waals surface area contributed by atoms with Crippen molar-refractivity contribution in [1.82, 2.24) is 0 Å². The van der Waals surface area contributed by atoms with Gasteiger partial charge in [-0.05, 0) is 53.9 Å². The average molecular weight is 381 g/mol. The van der Waals surface area contributed by atoms with Crippen LogP contribution in [0.4, 0.5) is 4.39 Å². The number of rotatable bonds is 6. The number of ether oxygens (including phenoxy) is 1. The summed E-state index contributed by atoms with van der Waals surface area (Å²) in [5.74, 6) is 0.211. The molecule has 2 aromatic rings. The van der Waals surface area contributed by atoms with E-state index in [-0.39, 0.29) is 31.4 Å². The minimum atomic E-state index is -0.414. The van der Waals surface area contributed by atoms with Gasteiger partial charge in [-0.3, -0.25) is 0 Å². The van der Waals surface area contributed by atoms with Crippen LogP contribution in [0.3, 0.4) is 0 Å². The Bertz CT molecular complexity index is 638. The first-order valence-electron chi connectivity index (χ1n) is 6.71. The summed E-state index contributed by atoms with van der Waals surface area (Å²) in [5, 5.41) is 10.1. The molecule has 0 saturated heterocycles. The molecule has 0 bridgehead atoms. The van der Waals surface area contributed by atoms with Crippen LogP contribution in [0.15, 0.2) is 36.4 Å². The van der Waals surface area contributed by atoms with Gasteiger partial charge in [-0.15, -0.1) is 12.4 Å². The molecule has 0 aliphatic heterocycles. The molecule has 1 atom stereocenters. The zero-order chi connectivity index (χ0) is 16.1. The lowest BCUT2D eigenvalue weighted by molar-refractivity contribution is 0.264. The summed E-state index contributed by atoms with van der Waals surface area (Å²) in [6.07, 6.45) is 0.411. The molecular weight excluding hydrogens is 364 g/mol. The molecule has 7 heteroatoms. The minimum absolute atomic E-state index is 0. The Kier molecular flexibility index (Phi) is 8.09. The molecule has 0 spiro atoms. The SMILES string of the molecule is Cl.NC(CO)Cc1c(Cl)cc(Cl)cc1COc1ccc(F)cc1. The van der Waals surface area contributed by atoms with Crippen LogP contribution in [0, 0.1) is 5.82 Å². The van der Waals surface area contributed by atoms with E-state index in [9.17, 15) is 4.39 Å². The summed E-state index contributed by atoms with van der Waals surface area (Å²) in [6, 6.07) is 8.69. The number of aliphatic hydroxyl groups excluding tert-OH is 1. The highest BCUT2D eigenvalue weighted by molar-refractivity contribution is 6.35. The van der Waals surface area contributed by atoms with Gasteiger partial charge in [0.2, 0.25) is 0 Å². The van der Waals surface area contributed by atoms with Gasteiger partial charge in [0.05, 0.1) is 6.61 Å². The number of aliphatic hydroxyl groups is 1. The summed E-state index contributed by atoms with van der Waals surface area (Å²) in [4.78, 5) is 0. The van der Waals surface area contributed by atoms with Gasteiger partial charge in [0.1, 0.15) is 18.2 Å². The topological polar surface area (TPSA) is 55.5 Å². The van der Waals surface area contributed by atoms with E-state index in [1.807, 2.05) is 0 Å². The highest BCUT2D eigenvalue weighted by Gasteiger charge is 2.13. The fraction of sp³-hybridized carbons (Fsp3) is 0.250. The van der Waals surface area contributed by atoms with E-state index < -0.39 is 6.04 Å². The van der Waals surface area contributed by atoms with E-state index in [1.165, 1.54) is 12.1 Å². The van der Waals surface area contributed by atoms with Crippen molar-refractivity contribution in [3.8, 4) is 5.75 Å². The predicted molar refractivity (Wildman–Crippen MR) is 93.2 cm³/mol. The van der Waals surface area contributed by atoms with Crippen molar-refractivity contribution in [2.45, 2.75) is 19.1 Å². The molecule has 0 radical (unpaired) electrons. The molecule has 0 saturated carbocycles. The molecule has 0 fully saturated rings. The van der Waals surface area contributed by atoms with Gasteiger partial charge in [0.15, 0.2) is 0 Å². The number of halogens is 4. The number of benzene rings is 2. The van der Waals surface area contributed by atoms with Crippen molar-refractivity contribution in [3.63, 3.8) is 0 Å². The zero-order valence-electron chi connectivity index (χ0n) is 12.1. The molecule has 0 heterocycles.